The maximum absolute atomic E-state index is 13.5. The molecule has 2 rings (SSSR count). The number of carboxylic acid groups (broad SMARTS) is 1. The van der Waals surface area contributed by atoms with E-state index in [9.17, 15) is 23.5 Å². The summed E-state index contributed by atoms with van der Waals surface area (Å²) < 4.78 is 26.4. The third-order valence-corrected chi connectivity index (χ3v) is 3.45. The van der Waals surface area contributed by atoms with E-state index in [0.29, 0.717) is 11.6 Å². The van der Waals surface area contributed by atoms with Crippen LogP contribution in [0.15, 0.2) is 36.5 Å². The molecule has 8 heteroatoms. The minimum Gasteiger partial charge on any atom is -0.480 e. The van der Waals surface area contributed by atoms with Crippen molar-refractivity contribution in [2.75, 3.05) is 0 Å². The Morgan fingerprint density at radius 2 is 2.00 bits per heavy atom. The molecule has 0 spiro atoms. The van der Waals surface area contributed by atoms with Gasteiger partial charge in [-0.05, 0) is 23.3 Å². The number of halogens is 3. The molecule has 1 aromatic carbocycles. The SMILES string of the molecule is O=C(Cc1ccc(F)cc1F)N[C@@H](Cc1ccc(Cl)nc1)C(=O)O. The molecule has 2 aromatic rings. The van der Waals surface area contributed by atoms with Gasteiger partial charge in [-0.1, -0.05) is 23.7 Å². The Kier molecular flexibility index (Phi) is 5.81. The van der Waals surface area contributed by atoms with Crippen LogP contribution in [0.25, 0.3) is 0 Å². The molecule has 1 aromatic heterocycles. The molecule has 1 atom stereocenters. The Morgan fingerprint density at radius 3 is 2.58 bits per heavy atom. The lowest BCUT2D eigenvalue weighted by atomic mass is 10.1. The number of carbonyl (C=O) groups excluding carboxylic acids is 1. The number of nitrogens with one attached hydrogen (secondary N) is 1. The van der Waals surface area contributed by atoms with Crippen molar-refractivity contribution in [3.05, 3.63) is 64.4 Å². The van der Waals surface area contributed by atoms with Gasteiger partial charge in [0.25, 0.3) is 0 Å². The van der Waals surface area contributed by atoms with E-state index in [4.69, 9.17) is 11.6 Å². The van der Waals surface area contributed by atoms with Gasteiger partial charge >= 0.3 is 5.97 Å². The third kappa shape index (κ3) is 4.99. The van der Waals surface area contributed by atoms with Crippen LogP contribution in [0.5, 0.6) is 0 Å². The molecule has 5 nitrogen and oxygen atoms in total. The van der Waals surface area contributed by atoms with Gasteiger partial charge in [-0.2, -0.15) is 0 Å². The Bertz CT molecular complexity index is 753. The van der Waals surface area contributed by atoms with Crippen LogP contribution in [-0.2, 0) is 22.4 Å². The van der Waals surface area contributed by atoms with Crippen molar-refractivity contribution in [1.29, 1.82) is 0 Å². The molecule has 0 fully saturated rings. The fraction of sp³-hybridized carbons (Fsp3) is 0.188. The molecule has 0 unspecified atom stereocenters. The fourth-order valence-electron chi connectivity index (χ4n) is 2.05. The molecule has 2 N–H and O–H groups in total. The van der Waals surface area contributed by atoms with Gasteiger partial charge in [-0.3, -0.25) is 4.79 Å². The maximum atomic E-state index is 13.5. The molecule has 0 bridgehead atoms. The minimum absolute atomic E-state index is 0.00284. The van der Waals surface area contributed by atoms with E-state index in [1.165, 1.54) is 12.3 Å². The van der Waals surface area contributed by atoms with E-state index in [1.54, 1.807) is 6.07 Å². The number of hydrogen-bond donors (Lipinski definition) is 2. The average molecular weight is 355 g/mol. The summed E-state index contributed by atoms with van der Waals surface area (Å²) in [6.45, 7) is 0. The van der Waals surface area contributed by atoms with Crippen molar-refractivity contribution in [2.45, 2.75) is 18.9 Å². The zero-order valence-corrected chi connectivity index (χ0v) is 13.1. The third-order valence-electron chi connectivity index (χ3n) is 3.23. The first-order valence-electron chi connectivity index (χ1n) is 6.91. The van der Waals surface area contributed by atoms with E-state index < -0.39 is 36.0 Å². The molecular weight excluding hydrogens is 342 g/mol. The van der Waals surface area contributed by atoms with Crippen molar-refractivity contribution < 1.29 is 23.5 Å². The number of carboxylic acids is 1. The van der Waals surface area contributed by atoms with Gasteiger partial charge in [0.15, 0.2) is 0 Å². The van der Waals surface area contributed by atoms with E-state index in [-0.39, 0.29) is 17.1 Å². The van der Waals surface area contributed by atoms with Crippen LogP contribution in [0, 0.1) is 11.6 Å². The highest BCUT2D eigenvalue weighted by Crippen LogP contribution is 2.11. The van der Waals surface area contributed by atoms with Gasteiger partial charge in [0, 0.05) is 18.7 Å². The summed E-state index contributed by atoms with van der Waals surface area (Å²) >= 11 is 5.65. The van der Waals surface area contributed by atoms with E-state index in [2.05, 4.69) is 10.3 Å². The first kappa shape index (κ1) is 17.8. The Labute approximate surface area is 141 Å². The normalized spacial score (nSPS) is 11.8. The average Bonchev–Trinajstić information content (AvgIpc) is 2.51. The Morgan fingerprint density at radius 1 is 1.25 bits per heavy atom. The van der Waals surface area contributed by atoms with Gasteiger partial charge in [0.2, 0.25) is 5.91 Å². The number of carbonyl (C=O) groups is 2. The van der Waals surface area contributed by atoms with Crippen LogP contribution in [0.4, 0.5) is 8.78 Å². The van der Waals surface area contributed by atoms with Crippen LogP contribution in [0.2, 0.25) is 5.15 Å². The van der Waals surface area contributed by atoms with E-state index in [1.807, 2.05) is 0 Å². The Balaban J connectivity index is 2.02. The van der Waals surface area contributed by atoms with Crippen molar-refractivity contribution in [2.24, 2.45) is 0 Å². The summed E-state index contributed by atoms with van der Waals surface area (Å²) in [6.07, 6.45) is 1.01. The number of pyridine rings is 1. The van der Waals surface area contributed by atoms with Crippen LogP contribution in [0.1, 0.15) is 11.1 Å². The first-order valence-corrected chi connectivity index (χ1v) is 7.29. The molecule has 0 aliphatic heterocycles. The van der Waals surface area contributed by atoms with Crippen molar-refractivity contribution >= 4 is 23.5 Å². The predicted octanol–water partition coefficient (Wildman–Crippen LogP) is 2.37. The molecule has 1 amide bonds. The number of aromatic nitrogens is 1. The fourth-order valence-corrected chi connectivity index (χ4v) is 2.16. The topological polar surface area (TPSA) is 79.3 Å². The number of rotatable bonds is 6. The van der Waals surface area contributed by atoms with Crippen molar-refractivity contribution in [3.8, 4) is 0 Å². The first-order chi connectivity index (χ1) is 11.3. The lowest BCUT2D eigenvalue weighted by molar-refractivity contribution is -0.141. The molecule has 24 heavy (non-hydrogen) atoms. The highest BCUT2D eigenvalue weighted by molar-refractivity contribution is 6.29. The van der Waals surface area contributed by atoms with Crippen LogP contribution in [0.3, 0.4) is 0 Å². The summed E-state index contributed by atoms with van der Waals surface area (Å²) in [7, 11) is 0. The number of aliphatic carboxylic acids is 1. The monoisotopic (exact) mass is 354 g/mol. The van der Waals surface area contributed by atoms with E-state index >= 15 is 0 Å². The Hall–Kier alpha value is -2.54. The van der Waals surface area contributed by atoms with Gasteiger partial charge in [0.1, 0.15) is 22.8 Å². The zero-order chi connectivity index (χ0) is 17.7. The molecule has 0 radical (unpaired) electrons. The molecule has 1 heterocycles. The summed E-state index contributed by atoms with van der Waals surface area (Å²) in [5.41, 5.74) is 0.547. The molecule has 0 aliphatic carbocycles. The highest BCUT2D eigenvalue weighted by atomic mass is 35.5. The largest absolute Gasteiger partial charge is 0.480 e. The second-order valence-electron chi connectivity index (χ2n) is 5.06. The smallest absolute Gasteiger partial charge is 0.326 e. The van der Waals surface area contributed by atoms with Gasteiger partial charge in [-0.15, -0.1) is 0 Å². The number of benzene rings is 1. The zero-order valence-electron chi connectivity index (χ0n) is 12.3. The standard InChI is InChI=1S/C16H13ClF2N2O3/c17-14-4-1-9(8-20-14)5-13(16(23)24)21-15(22)6-10-2-3-11(18)7-12(10)19/h1-4,7-8,13H,5-6H2,(H,21,22)(H,23,24)/t13-/m0/s1. The summed E-state index contributed by atoms with van der Waals surface area (Å²) in [5.74, 6) is -3.54. The number of nitrogens with zero attached hydrogens (tertiary/aromatic N) is 1. The molecule has 0 saturated heterocycles. The number of amides is 1. The number of hydrogen-bond acceptors (Lipinski definition) is 3. The summed E-state index contributed by atoms with van der Waals surface area (Å²) in [5, 5.41) is 11.8. The molecule has 0 aliphatic rings. The van der Waals surface area contributed by atoms with Gasteiger partial charge < -0.3 is 10.4 Å². The van der Waals surface area contributed by atoms with Gasteiger partial charge in [0.05, 0.1) is 6.42 Å². The van der Waals surface area contributed by atoms with Crippen LogP contribution < -0.4 is 5.32 Å². The van der Waals surface area contributed by atoms with Crippen molar-refractivity contribution in [1.82, 2.24) is 10.3 Å². The second-order valence-corrected chi connectivity index (χ2v) is 5.45. The minimum atomic E-state index is -1.24. The van der Waals surface area contributed by atoms with E-state index in [0.717, 1.165) is 12.1 Å². The predicted molar refractivity (Wildman–Crippen MR) is 82.6 cm³/mol. The van der Waals surface area contributed by atoms with Gasteiger partial charge in [-0.25, -0.2) is 18.6 Å². The summed E-state index contributed by atoms with van der Waals surface area (Å²) in [6, 6.07) is 4.73. The molecule has 0 saturated carbocycles. The maximum Gasteiger partial charge on any atom is 0.326 e. The quantitative estimate of drug-likeness (QED) is 0.781. The lowest BCUT2D eigenvalue weighted by Crippen LogP contribution is -2.43. The lowest BCUT2D eigenvalue weighted by Gasteiger charge is -2.14. The summed E-state index contributed by atoms with van der Waals surface area (Å²) in [4.78, 5) is 27.1. The van der Waals surface area contributed by atoms with Crippen molar-refractivity contribution in [3.63, 3.8) is 0 Å². The van der Waals surface area contributed by atoms with Crippen LogP contribution in [-0.4, -0.2) is 28.0 Å². The van der Waals surface area contributed by atoms with Crippen LogP contribution >= 0.6 is 11.6 Å². The highest BCUT2D eigenvalue weighted by Gasteiger charge is 2.21. The molecule has 126 valence electrons. The second kappa shape index (κ2) is 7.83. The molecular formula is C16H13ClF2N2O3.